The van der Waals surface area contributed by atoms with E-state index in [1.165, 1.54) is 24.1 Å². The van der Waals surface area contributed by atoms with Crippen molar-refractivity contribution in [1.29, 1.82) is 0 Å². The van der Waals surface area contributed by atoms with Crippen molar-refractivity contribution in [3.8, 4) is 11.5 Å². The van der Waals surface area contributed by atoms with E-state index in [0.29, 0.717) is 24.5 Å². The summed E-state index contributed by atoms with van der Waals surface area (Å²) in [7, 11) is -1.12. The highest BCUT2D eigenvalue weighted by atomic mass is 32.2. The summed E-state index contributed by atoms with van der Waals surface area (Å²) in [6.07, 6.45) is 0.951. The first-order valence-corrected chi connectivity index (χ1v) is 16.6. The summed E-state index contributed by atoms with van der Waals surface area (Å²) >= 11 is 0. The van der Waals surface area contributed by atoms with E-state index in [1.54, 1.807) is 55.6 Å². The Kier molecular flexibility index (Phi) is 11.8. The van der Waals surface area contributed by atoms with Crippen LogP contribution in [0.15, 0.2) is 108 Å². The number of sulfonamides is 1. The van der Waals surface area contributed by atoms with Crippen molar-refractivity contribution in [3.05, 3.63) is 120 Å². The summed E-state index contributed by atoms with van der Waals surface area (Å²) in [6, 6.07) is 28.7. The molecular weight excluding hydrogens is 602 g/mol. The number of methoxy groups -OCH3 is 2. The Balaban J connectivity index is 1.80. The molecule has 242 valence electrons. The molecule has 0 aliphatic carbocycles. The second-order valence-electron chi connectivity index (χ2n) is 10.9. The molecule has 0 saturated carbocycles. The first kappa shape index (κ1) is 34.1. The number of rotatable bonds is 15. The molecule has 0 aliphatic rings. The third kappa shape index (κ3) is 8.66. The Morgan fingerprint density at radius 1 is 0.804 bits per heavy atom. The third-order valence-corrected chi connectivity index (χ3v) is 9.34. The van der Waals surface area contributed by atoms with Crippen LogP contribution in [0.1, 0.15) is 30.0 Å². The number of hydrogen-bond donors (Lipinski definition) is 1. The van der Waals surface area contributed by atoms with Crippen LogP contribution >= 0.6 is 0 Å². The Labute approximate surface area is 271 Å². The summed E-state index contributed by atoms with van der Waals surface area (Å²) in [5.41, 5.74) is 2.77. The molecule has 9 nitrogen and oxygen atoms in total. The summed E-state index contributed by atoms with van der Waals surface area (Å²) in [4.78, 5) is 29.8. The second kappa shape index (κ2) is 15.9. The Bertz CT molecular complexity index is 1690. The Hall–Kier alpha value is -4.83. The van der Waals surface area contributed by atoms with Crippen LogP contribution < -0.4 is 19.1 Å². The zero-order chi connectivity index (χ0) is 33.1. The van der Waals surface area contributed by atoms with Gasteiger partial charge in [0.1, 0.15) is 24.1 Å². The van der Waals surface area contributed by atoms with Gasteiger partial charge < -0.3 is 19.7 Å². The van der Waals surface area contributed by atoms with Crippen LogP contribution in [-0.2, 0) is 32.6 Å². The summed E-state index contributed by atoms with van der Waals surface area (Å²) < 4.78 is 40.1. The molecule has 1 atom stereocenters. The molecule has 0 saturated heterocycles. The van der Waals surface area contributed by atoms with Crippen molar-refractivity contribution in [2.24, 2.45) is 0 Å². The van der Waals surface area contributed by atoms with E-state index in [2.05, 4.69) is 5.32 Å². The quantitative estimate of drug-likeness (QED) is 0.187. The highest BCUT2D eigenvalue weighted by Crippen LogP contribution is 2.27. The molecule has 0 radical (unpaired) electrons. The molecule has 46 heavy (non-hydrogen) atoms. The number of carbonyl (C=O) groups is 2. The lowest BCUT2D eigenvalue weighted by molar-refractivity contribution is -0.140. The van der Waals surface area contributed by atoms with E-state index in [9.17, 15) is 18.0 Å². The number of anilines is 1. The van der Waals surface area contributed by atoms with Crippen molar-refractivity contribution in [1.82, 2.24) is 10.2 Å². The smallest absolute Gasteiger partial charge is 0.264 e. The first-order chi connectivity index (χ1) is 22.2. The van der Waals surface area contributed by atoms with Crippen LogP contribution in [0.3, 0.4) is 0 Å². The normalized spacial score (nSPS) is 11.7. The van der Waals surface area contributed by atoms with E-state index < -0.39 is 28.5 Å². The number of amides is 2. The maximum absolute atomic E-state index is 14.5. The van der Waals surface area contributed by atoms with Crippen molar-refractivity contribution >= 4 is 27.5 Å². The zero-order valence-corrected chi connectivity index (χ0v) is 27.5. The standard InChI is InChI=1S/C36H41N3O6S/c1-5-22-37-36(41)34(24-28-10-7-6-8-11-28)38(25-29-12-9-13-32(23-29)45-4)35(40)26-39(30-16-18-31(44-3)19-17-30)46(42,43)33-20-14-27(2)15-21-33/h6-21,23,34H,5,22,24-26H2,1-4H3,(H,37,41)/t34-/m0/s1. The molecule has 2 amide bonds. The van der Waals surface area contributed by atoms with Gasteiger partial charge in [-0.05, 0) is 73.0 Å². The van der Waals surface area contributed by atoms with Gasteiger partial charge in [-0.3, -0.25) is 13.9 Å². The van der Waals surface area contributed by atoms with Crippen molar-refractivity contribution in [2.75, 3.05) is 31.6 Å². The number of aryl methyl sites for hydroxylation is 1. The van der Waals surface area contributed by atoms with Gasteiger partial charge in [0.15, 0.2) is 0 Å². The van der Waals surface area contributed by atoms with Gasteiger partial charge in [0.2, 0.25) is 11.8 Å². The van der Waals surface area contributed by atoms with Crippen LogP contribution in [0.4, 0.5) is 5.69 Å². The molecule has 4 aromatic carbocycles. The molecule has 0 heterocycles. The Morgan fingerprint density at radius 3 is 2.09 bits per heavy atom. The van der Waals surface area contributed by atoms with Crippen molar-refractivity contribution < 1.29 is 27.5 Å². The van der Waals surface area contributed by atoms with E-state index >= 15 is 0 Å². The van der Waals surface area contributed by atoms with Gasteiger partial charge in [-0.15, -0.1) is 0 Å². The highest BCUT2D eigenvalue weighted by molar-refractivity contribution is 7.92. The van der Waals surface area contributed by atoms with Gasteiger partial charge in [0, 0.05) is 19.5 Å². The molecule has 10 heteroatoms. The molecule has 4 rings (SSSR count). The van der Waals surface area contributed by atoms with Gasteiger partial charge in [0.05, 0.1) is 24.8 Å². The van der Waals surface area contributed by atoms with E-state index in [0.717, 1.165) is 21.0 Å². The predicted molar refractivity (Wildman–Crippen MR) is 179 cm³/mol. The van der Waals surface area contributed by atoms with E-state index in [1.807, 2.05) is 56.3 Å². The summed E-state index contributed by atoms with van der Waals surface area (Å²) in [6.45, 7) is 3.76. The number of hydrogen-bond acceptors (Lipinski definition) is 6. The monoisotopic (exact) mass is 643 g/mol. The topological polar surface area (TPSA) is 105 Å². The van der Waals surface area contributed by atoms with E-state index in [4.69, 9.17) is 9.47 Å². The van der Waals surface area contributed by atoms with Crippen LogP contribution in [0.2, 0.25) is 0 Å². The minimum Gasteiger partial charge on any atom is -0.497 e. The van der Waals surface area contributed by atoms with Crippen molar-refractivity contribution in [3.63, 3.8) is 0 Å². The second-order valence-corrected chi connectivity index (χ2v) is 12.8. The van der Waals surface area contributed by atoms with E-state index in [-0.39, 0.29) is 29.5 Å². The van der Waals surface area contributed by atoms with Crippen LogP contribution in [0, 0.1) is 6.92 Å². The molecular formula is C36H41N3O6S. The molecule has 0 spiro atoms. The molecule has 0 unspecified atom stereocenters. The van der Waals surface area contributed by atoms with Crippen LogP contribution in [0.25, 0.3) is 0 Å². The third-order valence-electron chi connectivity index (χ3n) is 7.56. The average Bonchev–Trinajstić information content (AvgIpc) is 3.08. The minimum atomic E-state index is -4.20. The number of nitrogens with zero attached hydrogens (tertiary/aromatic N) is 2. The first-order valence-electron chi connectivity index (χ1n) is 15.1. The fourth-order valence-electron chi connectivity index (χ4n) is 5.00. The SMILES string of the molecule is CCCNC(=O)[C@H](Cc1ccccc1)N(Cc1cccc(OC)c1)C(=O)CN(c1ccc(OC)cc1)S(=O)(=O)c1ccc(C)cc1. The maximum atomic E-state index is 14.5. The molecule has 1 N–H and O–H groups in total. The Morgan fingerprint density at radius 2 is 1.46 bits per heavy atom. The number of nitrogens with one attached hydrogen (secondary N) is 1. The summed E-state index contributed by atoms with van der Waals surface area (Å²) in [5.74, 6) is 0.279. The molecule has 0 fully saturated rings. The van der Waals surface area contributed by atoms with Gasteiger partial charge in [0.25, 0.3) is 10.0 Å². The van der Waals surface area contributed by atoms with Crippen LogP contribution in [0.5, 0.6) is 11.5 Å². The predicted octanol–water partition coefficient (Wildman–Crippen LogP) is 5.37. The largest absolute Gasteiger partial charge is 0.497 e. The lowest BCUT2D eigenvalue weighted by Gasteiger charge is -2.34. The maximum Gasteiger partial charge on any atom is 0.264 e. The van der Waals surface area contributed by atoms with Crippen molar-refractivity contribution in [2.45, 2.75) is 44.2 Å². The van der Waals surface area contributed by atoms with Gasteiger partial charge in [-0.1, -0.05) is 67.1 Å². The highest BCUT2D eigenvalue weighted by Gasteiger charge is 2.34. The summed E-state index contributed by atoms with van der Waals surface area (Å²) in [5, 5.41) is 2.95. The van der Waals surface area contributed by atoms with Gasteiger partial charge in [-0.2, -0.15) is 0 Å². The fraction of sp³-hybridized carbons (Fsp3) is 0.278. The number of carbonyl (C=O) groups excluding carboxylic acids is 2. The average molecular weight is 644 g/mol. The van der Waals surface area contributed by atoms with Gasteiger partial charge in [-0.25, -0.2) is 8.42 Å². The number of benzene rings is 4. The van der Waals surface area contributed by atoms with Crippen LogP contribution in [-0.4, -0.2) is 58.5 Å². The lowest BCUT2D eigenvalue weighted by atomic mass is 10.0. The van der Waals surface area contributed by atoms with Gasteiger partial charge >= 0.3 is 0 Å². The molecule has 4 aromatic rings. The molecule has 0 aromatic heterocycles. The zero-order valence-electron chi connectivity index (χ0n) is 26.7. The molecule has 0 bridgehead atoms. The number of ether oxygens (including phenoxy) is 2. The molecule has 0 aliphatic heterocycles. The minimum absolute atomic E-state index is 0.0441. The lowest BCUT2D eigenvalue weighted by Crippen LogP contribution is -2.53. The fourth-order valence-corrected chi connectivity index (χ4v) is 6.42.